The van der Waals surface area contributed by atoms with Crippen LogP contribution < -0.4 is 9.64 Å². The minimum atomic E-state index is -0.587. The predicted octanol–water partition coefficient (Wildman–Crippen LogP) is 14.1. The zero-order chi connectivity index (χ0) is 36.3. The molecule has 55 heavy (non-hydrogen) atoms. The minimum Gasteiger partial charge on any atom is -0.457 e. The van der Waals surface area contributed by atoms with Gasteiger partial charge in [0, 0.05) is 28.2 Å². The van der Waals surface area contributed by atoms with Crippen LogP contribution in [0.1, 0.15) is 22.3 Å². The molecule has 9 aromatic carbocycles. The van der Waals surface area contributed by atoms with Crippen LogP contribution in [-0.4, -0.2) is 0 Å². The lowest BCUT2D eigenvalue weighted by Crippen LogP contribution is -2.32. The van der Waals surface area contributed by atoms with Crippen LogP contribution in [0.3, 0.4) is 0 Å². The Kier molecular flexibility index (Phi) is 7.11. The lowest BCUT2D eigenvalue weighted by molar-refractivity contribution is 0.436. The molecule has 0 unspecified atom stereocenters. The van der Waals surface area contributed by atoms with Gasteiger partial charge in [-0.15, -0.1) is 0 Å². The van der Waals surface area contributed by atoms with Crippen LogP contribution in [0.5, 0.6) is 11.5 Å². The van der Waals surface area contributed by atoms with Gasteiger partial charge in [-0.25, -0.2) is 0 Å². The van der Waals surface area contributed by atoms with Crippen molar-refractivity contribution in [3.05, 3.63) is 235 Å². The average Bonchev–Trinajstić information content (AvgIpc) is 3.53. The Morgan fingerprint density at radius 1 is 0.309 bits per heavy atom. The molecule has 11 rings (SSSR count). The summed E-state index contributed by atoms with van der Waals surface area (Å²) in [5, 5.41) is 2.47. The van der Waals surface area contributed by atoms with E-state index in [4.69, 9.17) is 4.74 Å². The van der Waals surface area contributed by atoms with Crippen molar-refractivity contribution in [2.24, 2.45) is 0 Å². The molecule has 0 N–H and O–H groups in total. The van der Waals surface area contributed by atoms with E-state index in [2.05, 4.69) is 217 Å². The monoisotopic (exact) mass is 701 g/mol. The van der Waals surface area contributed by atoms with E-state index in [1.54, 1.807) is 0 Å². The Morgan fingerprint density at radius 3 is 1.31 bits per heavy atom. The van der Waals surface area contributed by atoms with Crippen LogP contribution in [0.25, 0.3) is 44.2 Å². The summed E-state index contributed by atoms with van der Waals surface area (Å²) >= 11 is 0. The standard InChI is InChI=1S/C53H35NO/c1-3-13-36(14-4-1)38-23-27-42(28-24-38)54(43-29-25-39(26-30-43)37-15-5-2-6-16-37)44-31-32-45-46-33-40-17-7-8-18-41(40)34-49(46)53(50(45)35-44)47-19-9-11-21-51(47)55-52-22-12-10-20-48(52)53/h1-35H. The van der Waals surface area contributed by atoms with Gasteiger partial charge in [0.1, 0.15) is 11.5 Å². The fourth-order valence-corrected chi connectivity index (χ4v) is 9.02. The van der Waals surface area contributed by atoms with Crippen LogP contribution in [0.15, 0.2) is 212 Å². The van der Waals surface area contributed by atoms with Crippen LogP contribution in [-0.2, 0) is 5.41 Å². The van der Waals surface area contributed by atoms with Crippen molar-refractivity contribution >= 4 is 27.8 Å². The molecule has 9 aromatic rings. The topological polar surface area (TPSA) is 12.5 Å². The number of anilines is 3. The molecule has 0 saturated carbocycles. The molecule has 0 amide bonds. The van der Waals surface area contributed by atoms with Crippen molar-refractivity contribution in [1.82, 2.24) is 0 Å². The molecule has 0 atom stereocenters. The van der Waals surface area contributed by atoms with Gasteiger partial charge >= 0.3 is 0 Å². The van der Waals surface area contributed by atoms with Crippen LogP contribution in [0.2, 0.25) is 0 Å². The largest absolute Gasteiger partial charge is 0.457 e. The first-order chi connectivity index (χ1) is 27.3. The molecule has 0 fully saturated rings. The highest BCUT2D eigenvalue weighted by Gasteiger charge is 2.51. The Morgan fingerprint density at radius 2 is 0.745 bits per heavy atom. The van der Waals surface area contributed by atoms with Gasteiger partial charge in [-0.3, -0.25) is 0 Å². The highest BCUT2D eigenvalue weighted by Crippen LogP contribution is 2.63. The van der Waals surface area contributed by atoms with Gasteiger partial charge in [0.05, 0.1) is 5.41 Å². The zero-order valence-corrected chi connectivity index (χ0v) is 30.1. The van der Waals surface area contributed by atoms with E-state index in [1.165, 1.54) is 55.3 Å². The molecule has 2 heteroatoms. The highest BCUT2D eigenvalue weighted by atomic mass is 16.5. The molecule has 2 aliphatic rings. The maximum absolute atomic E-state index is 6.68. The van der Waals surface area contributed by atoms with Gasteiger partial charge in [-0.05, 0) is 116 Å². The number of ether oxygens (including phenoxy) is 1. The summed E-state index contributed by atoms with van der Waals surface area (Å²) in [4.78, 5) is 2.40. The van der Waals surface area contributed by atoms with Crippen molar-refractivity contribution in [2.45, 2.75) is 5.41 Å². The lowest BCUT2D eigenvalue weighted by atomic mass is 9.66. The maximum atomic E-state index is 6.68. The molecule has 1 aliphatic carbocycles. The normalized spacial score (nSPS) is 13.0. The van der Waals surface area contributed by atoms with E-state index in [9.17, 15) is 0 Å². The van der Waals surface area contributed by atoms with Crippen LogP contribution in [0.4, 0.5) is 17.1 Å². The first kappa shape index (κ1) is 31.4. The number of fused-ring (bicyclic) bond motifs is 10. The van der Waals surface area contributed by atoms with Gasteiger partial charge in [0.15, 0.2) is 0 Å². The van der Waals surface area contributed by atoms with Crippen molar-refractivity contribution in [3.8, 4) is 44.9 Å². The number of benzene rings is 9. The van der Waals surface area contributed by atoms with Gasteiger partial charge in [-0.1, -0.05) is 152 Å². The molecule has 1 aliphatic heterocycles. The van der Waals surface area contributed by atoms with Crippen molar-refractivity contribution < 1.29 is 4.74 Å². The van der Waals surface area contributed by atoms with Crippen LogP contribution in [0, 0.1) is 0 Å². The smallest absolute Gasteiger partial charge is 0.132 e. The molecule has 0 aromatic heterocycles. The van der Waals surface area contributed by atoms with Gasteiger partial charge in [0.2, 0.25) is 0 Å². The third-order valence-electron chi connectivity index (χ3n) is 11.5. The molecular weight excluding hydrogens is 667 g/mol. The number of hydrogen-bond acceptors (Lipinski definition) is 2. The second-order valence-corrected chi connectivity index (χ2v) is 14.5. The Balaban J connectivity index is 1.16. The van der Waals surface area contributed by atoms with E-state index in [1.807, 2.05) is 0 Å². The number of rotatable bonds is 5. The fraction of sp³-hybridized carbons (Fsp3) is 0.0189. The molecule has 2 nitrogen and oxygen atoms in total. The van der Waals surface area contributed by atoms with E-state index >= 15 is 0 Å². The van der Waals surface area contributed by atoms with E-state index in [-0.39, 0.29) is 0 Å². The summed E-state index contributed by atoms with van der Waals surface area (Å²) in [6.07, 6.45) is 0. The second kappa shape index (κ2) is 12.5. The number of para-hydroxylation sites is 2. The Labute approximate surface area is 321 Å². The third kappa shape index (κ3) is 4.89. The average molecular weight is 702 g/mol. The van der Waals surface area contributed by atoms with E-state index < -0.39 is 5.41 Å². The Bertz CT molecular complexity index is 2750. The first-order valence-corrected chi connectivity index (χ1v) is 18.9. The highest BCUT2D eigenvalue weighted by molar-refractivity contribution is 5.98. The summed E-state index contributed by atoms with van der Waals surface area (Å²) in [5.41, 5.74) is 14.8. The molecule has 1 spiro atoms. The van der Waals surface area contributed by atoms with Gasteiger partial charge in [-0.2, -0.15) is 0 Å². The maximum Gasteiger partial charge on any atom is 0.132 e. The molecule has 258 valence electrons. The van der Waals surface area contributed by atoms with Gasteiger partial charge < -0.3 is 9.64 Å². The molecule has 0 bridgehead atoms. The zero-order valence-electron chi connectivity index (χ0n) is 30.1. The van der Waals surface area contributed by atoms with Gasteiger partial charge in [0.25, 0.3) is 0 Å². The summed E-state index contributed by atoms with van der Waals surface area (Å²) in [6.45, 7) is 0. The van der Waals surface area contributed by atoms with Crippen molar-refractivity contribution in [2.75, 3.05) is 4.90 Å². The predicted molar refractivity (Wildman–Crippen MR) is 227 cm³/mol. The fourth-order valence-electron chi connectivity index (χ4n) is 9.02. The van der Waals surface area contributed by atoms with E-state index in [0.29, 0.717) is 0 Å². The SMILES string of the molecule is c1ccc(-c2ccc(N(c3ccc(-c4ccccc4)cc3)c3ccc4c(c3)C3(c5ccccc5Oc5ccccc53)c3cc5ccccc5cc3-4)cc2)cc1. The van der Waals surface area contributed by atoms with E-state index in [0.717, 1.165) is 39.7 Å². The summed E-state index contributed by atoms with van der Waals surface area (Å²) in [6, 6.07) is 76.9. The Hall–Kier alpha value is -7.16. The summed E-state index contributed by atoms with van der Waals surface area (Å²) < 4.78 is 6.68. The van der Waals surface area contributed by atoms with Crippen molar-refractivity contribution in [1.29, 1.82) is 0 Å². The first-order valence-electron chi connectivity index (χ1n) is 18.9. The summed E-state index contributed by atoms with van der Waals surface area (Å²) in [7, 11) is 0. The number of hydrogen-bond donors (Lipinski definition) is 0. The number of nitrogens with zero attached hydrogens (tertiary/aromatic N) is 1. The molecular formula is C53H35NO. The second-order valence-electron chi connectivity index (χ2n) is 14.5. The third-order valence-corrected chi connectivity index (χ3v) is 11.5. The molecule has 0 saturated heterocycles. The molecule has 0 radical (unpaired) electrons. The summed E-state index contributed by atoms with van der Waals surface area (Å²) in [5.74, 6) is 1.78. The quantitative estimate of drug-likeness (QED) is 0.177. The lowest BCUT2D eigenvalue weighted by Gasteiger charge is -2.39. The van der Waals surface area contributed by atoms with Crippen LogP contribution >= 0.6 is 0 Å². The molecule has 1 heterocycles. The van der Waals surface area contributed by atoms with Crippen molar-refractivity contribution in [3.63, 3.8) is 0 Å². The minimum absolute atomic E-state index is 0.587.